The van der Waals surface area contributed by atoms with E-state index in [2.05, 4.69) is 15.3 Å². The number of nitrogens with one attached hydrogen (secondary N) is 1. The number of hydrogen-bond donors (Lipinski definition) is 1. The number of nitrogens with zero attached hydrogens (tertiary/aromatic N) is 2. The van der Waals surface area contributed by atoms with Gasteiger partial charge in [0.05, 0.1) is 0 Å². The normalized spacial score (nSPS) is 10.5. The van der Waals surface area contributed by atoms with Crippen molar-refractivity contribution in [2.75, 3.05) is 18.2 Å². The highest BCUT2D eigenvalue weighted by molar-refractivity contribution is 7.98. The Morgan fingerprint density at radius 3 is 2.54 bits per heavy atom. The molecule has 0 atom stereocenters. The summed E-state index contributed by atoms with van der Waals surface area (Å²) in [5.41, 5.74) is 3.20. The van der Waals surface area contributed by atoms with E-state index in [4.69, 9.17) is 16.3 Å². The average molecular weight is 394 g/mol. The van der Waals surface area contributed by atoms with E-state index >= 15 is 0 Å². The minimum absolute atomic E-state index is 0.161. The lowest BCUT2D eigenvalue weighted by Gasteiger charge is -2.10. The number of amides is 1. The molecule has 0 spiro atoms. The Hall–Kier alpha value is -2.12. The molecule has 0 aliphatic heterocycles. The Morgan fingerprint density at radius 1 is 1.23 bits per heavy atom. The quantitative estimate of drug-likeness (QED) is 0.440. The largest absolute Gasteiger partial charge is 0.456 e. The molecule has 2 rings (SSSR count). The zero-order chi connectivity index (χ0) is 19.1. The van der Waals surface area contributed by atoms with Crippen LogP contribution in [0.1, 0.15) is 23.4 Å². The second-order valence-electron chi connectivity index (χ2n) is 5.58. The highest BCUT2D eigenvalue weighted by atomic mass is 35.5. The molecule has 0 aliphatic carbocycles. The first-order valence-corrected chi connectivity index (χ1v) is 9.58. The van der Waals surface area contributed by atoms with Gasteiger partial charge in [-0.2, -0.15) is 0 Å². The molecule has 1 amide bonds. The van der Waals surface area contributed by atoms with E-state index in [1.807, 2.05) is 20.1 Å². The molecule has 1 aromatic carbocycles. The molecule has 1 aromatic heterocycles. The predicted octanol–water partition coefficient (Wildman–Crippen LogP) is 3.58. The van der Waals surface area contributed by atoms with Crippen LogP contribution in [0.15, 0.2) is 29.4 Å². The first-order valence-electron chi connectivity index (χ1n) is 7.98. The minimum Gasteiger partial charge on any atom is -0.456 e. The fourth-order valence-corrected chi connectivity index (χ4v) is 3.02. The molecule has 1 heterocycles. The van der Waals surface area contributed by atoms with Gasteiger partial charge in [-0.15, -0.1) is 0 Å². The van der Waals surface area contributed by atoms with Gasteiger partial charge in [-0.25, -0.2) is 9.97 Å². The number of rotatable bonds is 7. The number of hydrogen-bond acceptors (Lipinski definition) is 6. The van der Waals surface area contributed by atoms with Crippen molar-refractivity contribution in [2.24, 2.45) is 0 Å². The number of halogens is 1. The predicted molar refractivity (Wildman–Crippen MR) is 103 cm³/mol. The first-order chi connectivity index (χ1) is 12.4. The van der Waals surface area contributed by atoms with Crippen LogP contribution in [-0.2, 0) is 20.7 Å². The number of carbonyl (C=O) groups is 2. The molecule has 2 aromatic rings. The van der Waals surface area contributed by atoms with Crippen LogP contribution >= 0.6 is 23.4 Å². The Bertz CT molecular complexity index is 791. The summed E-state index contributed by atoms with van der Waals surface area (Å²) in [5.74, 6) is -0.861. The Balaban J connectivity index is 1.81. The van der Waals surface area contributed by atoms with Gasteiger partial charge in [0.25, 0.3) is 5.91 Å². The zero-order valence-electron chi connectivity index (χ0n) is 14.8. The highest BCUT2D eigenvalue weighted by Crippen LogP contribution is 2.17. The average Bonchev–Trinajstić information content (AvgIpc) is 2.59. The maximum absolute atomic E-state index is 11.9. The van der Waals surface area contributed by atoms with E-state index in [1.54, 1.807) is 24.3 Å². The highest BCUT2D eigenvalue weighted by Gasteiger charge is 2.12. The van der Waals surface area contributed by atoms with Crippen LogP contribution < -0.4 is 5.32 Å². The van der Waals surface area contributed by atoms with Gasteiger partial charge >= 0.3 is 5.97 Å². The third kappa shape index (κ3) is 6.00. The summed E-state index contributed by atoms with van der Waals surface area (Å²) in [5, 5.41) is 3.85. The second-order valence-corrected chi connectivity index (χ2v) is 6.79. The van der Waals surface area contributed by atoms with Crippen LogP contribution in [0.4, 0.5) is 5.69 Å². The smallest absolute Gasteiger partial charge is 0.306 e. The molecular weight excluding hydrogens is 374 g/mol. The van der Waals surface area contributed by atoms with Gasteiger partial charge in [-0.3, -0.25) is 9.59 Å². The van der Waals surface area contributed by atoms with E-state index in [9.17, 15) is 9.59 Å². The van der Waals surface area contributed by atoms with E-state index in [-0.39, 0.29) is 13.0 Å². The molecule has 6 nitrogen and oxygen atoms in total. The van der Waals surface area contributed by atoms with Crippen LogP contribution in [0.3, 0.4) is 0 Å². The lowest BCUT2D eigenvalue weighted by molar-refractivity contribution is -0.147. The topological polar surface area (TPSA) is 81.2 Å². The van der Waals surface area contributed by atoms with Crippen molar-refractivity contribution in [3.8, 4) is 0 Å². The summed E-state index contributed by atoms with van der Waals surface area (Å²) >= 11 is 7.33. The molecule has 0 aliphatic rings. The van der Waals surface area contributed by atoms with Gasteiger partial charge in [0, 0.05) is 28.5 Å². The van der Waals surface area contributed by atoms with Crippen LogP contribution in [0.25, 0.3) is 0 Å². The van der Waals surface area contributed by atoms with Crippen molar-refractivity contribution in [1.82, 2.24) is 9.97 Å². The molecule has 0 bridgehead atoms. The number of thioether (sulfide) groups is 1. The SMILES string of the molecule is CSc1nc(C)c(CCC(=O)OCC(=O)Nc2cccc(Cl)c2)c(C)n1. The first kappa shape index (κ1) is 20.2. The van der Waals surface area contributed by atoms with Crippen LogP contribution in [0.2, 0.25) is 5.02 Å². The third-order valence-electron chi connectivity index (χ3n) is 3.63. The Labute approximate surface area is 161 Å². The molecule has 0 radical (unpaired) electrons. The number of aryl methyl sites for hydroxylation is 2. The lowest BCUT2D eigenvalue weighted by Crippen LogP contribution is -2.21. The van der Waals surface area contributed by atoms with E-state index in [1.165, 1.54) is 11.8 Å². The molecule has 0 unspecified atom stereocenters. The van der Waals surface area contributed by atoms with Crippen LogP contribution in [0, 0.1) is 13.8 Å². The van der Waals surface area contributed by atoms with Gasteiger partial charge < -0.3 is 10.1 Å². The molecule has 0 saturated carbocycles. The molecule has 26 heavy (non-hydrogen) atoms. The Morgan fingerprint density at radius 2 is 1.92 bits per heavy atom. The van der Waals surface area contributed by atoms with Crippen molar-refractivity contribution in [3.05, 3.63) is 46.2 Å². The van der Waals surface area contributed by atoms with Gasteiger partial charge in [0.1, 0.15) is 0 Å². The van der Waals surface area contributed by atoms with Crippen LogP contribution in [-0.4, -0.2) is 34.7 Å². The van der Waals surface area contributed by atoms with Gasteiger partial charge in [-0.05, 0) is 50.3 Å². The number of esters is 1. The summed E-state index contributed by atoms with van der Waals surface area (Å²) in [6.07, 6.45) is 2.55. The van der Waals surface area contributed by atoms with Crippen molar-refractivity contribution in [3.63, 3.8) is 0 Å². The number of carbonyl (C=O) groups excluding carboxylic acids is 2. The molecular formula is C18H20ClN3O3S. The molecule has 1 N–H and O–H groups in total. The van der Waals surface area contributed by atoms with Crippen molar-refractivity contribution in [2.45, 2.75) is 31.8 Å². The maximum Gasteiger partial charge on any atom is 0.306 e. The second kappa shape index (κ2) is 9.54. The summed E-state index contributed by atoms with van der Waals surface area (Å²) in [7, 11) is 0. The Kier molecular flexibility index (Phi) is 7.41. The monoisotopic (exact) mass is 393 g/mol. The number of ether oxygens (including phenoxy) is 1. The maximum atomic E-state index is 11.9. The van der Waals surface area contributed by atoms with E-state index < -0.39 is 11.9 Å². The van der Waals surface area contributed by atoms with Crippen molar-refractivity contribution >= 4 is 40.9 Å². The van der Waals surface area contributed by atoms with Crippen LogP contribution in [0.5, 0.6) is 0 Å². The minimum atomic E-state index is -0.445. The van der Waals surface area contributed by atoms with Gasteiger partial charge in [0.15, 0.2) is 11.8 Å². The van der Waals surface area contributed by atoms with Crippen molar-refractivity contribution in [1.29, 1.82) is 0 Å². The summed E-state index contributed by atoms with van der Waals surface area (Å²) < 4.78 is 5.02. The van der Waals surface area contributed by atoms with Crippen molar-refractivity contribution < 1.29 is 14.3 Å². The fraction of sp³-hybridized carbons (Fsp3) is 0.333. The fourth-order valence-electron chi connectivity index (χ4n) is 2.37. The molecule has 0 fully saturated rings. The molecule has 0 saturated heterocycles. The molecule has 138 valence electrons. The molecule has 8 heteroatoms. The van der Waals surface area contributed by atoms with Gasteiger partial charge in [0.2, 0.25) is 0 Å². The summed E-state index contributed by atoms with van der Waals surface area (Å²) in [4.78, 5) is 32.5. The lowest BCUT2D eigenvalue weighted by atomic mass is 10.1. The number of anilines is 1. The van der Waals surface area contributed by atoms with Gasteiger partial charge in [-0.1, -0.05) is 29.4 Å². The standard InChI is InChI=1S/C18H20ClN3O3S/c1-11-15(12(2)21-18(20-11)26-3)7-8-17(24)25-10-16(23)22-14-6-4-5-13(19)9-14/h4-6,9H,7-8,10H2,1-3H3,(H,22,23). The zero-order valence-corrected chi connectivity index (χ0v) is 16.4. The summed E-state index contributed by atoms with van der Waals surface area (Å²) in [6, 6.07) is 6.75. The number of aromatic nitrogens is 2. The van der Waals surface area contributed by atoms with E-state index in [0.29, 0.717) is 22.3 Å². The number of benzene rings is 1. The third-order valence-corrected chi connectivity index (χ3v) is 4.42. The van der Waals surface area contributed by atoms with E-state index in [0.717, 1.165) is 17.0 Å². The summed E-state index contributed by atoms with van der Waals surface area (Å²) in [6.45, 7) is 3.45.